The van der Waals surface area contributed by atoms with E-state index in [0.29, 0.717) is 47.7 Å². The molecular weight excluding hydrogens is 504 g/mol. The van der Waals surface area contributed by atoms with E-state index < -0.39 is 17.9 Å². The minimum Gasteiger partial charge on any atom is -0.489 e. The average molecular weight is 535 g/mol. The number of carbonyl (C=O) groups excluding carboxylic acids is 2. The smallest absolute Gasteiger partial charge is 0.259 e. The Balaban J connectivity index is 1.48. The van der Waals surface area contributed by atoms with Crippen molar-refractivity contribution in [3.8, 4) is 5.75 Å². The number of nitrogens with one attached hydrogen (secondary N) is 2. The molecule has 202 valence electrons. The third kappa shape index (κ3) is 4.79. The number of aromatic nitrogens is 2. The monoisotopic (exact) mass is 534 g/mol. The first-order valence-electron chi connectivity index (χ1n) is 13.2. The summed E-state index contributed by atoms with van der Waals surface area (Å²) in [7, 11) is 3.81. The Morgan fingerprint density at radius 1 is 0.900 bits per heavy atom. The van der Waals surface area contributed by atoms with Gasteiger partial charge in [-0.25, -0.2) is 0 Å². The fourth-order valence-electron chi connectivity index (χ4n) is 5.41. The first-order valence-corrected chi connectivity index (χ1v) is 13.2. The molecule has 0 saturated heterocycles. The molecule has 40 heavy (non-hydrogen) atoms. The number of benzene rings is 3. The van der Waals surface area contributed by atoms with E-state index in [4.69, 9.17) is 4.74 Å². The summed E-state index contributed by atoms with van der Waals surface area (Å²) in [4.78, 5) is 31.6. The van der Waals surface area contributed by atoms with Crippen molar-refractivity contribution in [2.75, 3.05) is 20.6 Å². The van der Waals surface area contributed by atoms with E-state index in [2.05, 4.69) is 10.3 Å². The van der Waals surface area contributed by atoms with Crippen LogP contribution in [0.5, 0.6) is 5.75 Å². The molecule has 8 heteroatoms. The molecule has 0 aliphatic carbocycles. The molecule has 0 spiro atoms. The number of aliphatic hydroxyl groups is 1. The van der Waals surface area contributed by atoms with Crippen molar-refractivity contribution in [1.29, 1.82) is 0 Å². The van der Waals surface area contributed by atoms with Crippen LogP contribution < -0.4 is 10.1 Å². The van der Waals surface area contributed by atoms with Crippen LogP contribution in [-0.2, 0) is 22.7 Å². The number of H-pyrrole nitrogens is 1. The van der Waals surface area contributed by atoms with Crippen LogP contribution in [0.4, 0.5) is 0 Å². The van der Waals surface area contributed by atoms with Gasteiger partial charge in [-0.2, -0.15) is 0 Å². The highest BCUT2D eigenvalue weighted by atomic mass is 16.5. The van der Waals surface area contributed by atoms with Gasteiger partial charge in [-0.05, 0) is 37.9 Å². The number of para-hydroxylation sites is 1. The first kappa shape index (κ1) is 25.6. The molecule has 3 aromatic carbocycles. The van der Waals surface area contributed by atoms with Crippen molar-refractivity contribution in [2.45, 2.75) is 19.3 Å². The van der Waals surface area contributed by atoms with E-state index in [9.17, 15) is 14.7 Å². The van der Waals surface area contributed by atoms with Crippen LogP contribution >= 0.6 is 0 Å². The van der Waals surface area contributed by atoms with E-state index in [-0.39, 0.29) is 0 Å². The van der Waals surface area contributed by atoms with Gasteiger partial charge in [0.25, 0.3) is 11.8 Å². The van der Waals surface area contributed by atoms with Gasteiger partial charge in [0, 0.05) is 59.0 Å². The fourth-order valence-corrected chi connectivity index (χ4v) is 5.41. The highest BCUT2D eigenvalue weighted by molar-refractivity contribution is 6.50. The van der Waals surface area contributed by atoms with Crippen LogP contribution in [0.3, 0.4) is 0 Å². The summed E-state index contributed by atoms with van der Waals surface area (Å²) in [6.07, 6.45) is 2.98. The molecule has 2 amide bonds. The molecule has 0 bridgehead atoms. The molecule has 1 aliphatic rings. The van der Waals surface area contributed by atoms with Crippen molar-refractivity contribution in [1.82, 2.24) is 19.8 Å². The molecule has 1 atom stereocenters. The molecule has 5 aromatic rings. The van der Waals surface area contributed by atoms with Crippen molar-refractivity contribution in [3.05, 3.63) is 102 Å². The highest BCUT2D eigenvalue weighted by Gasteiger charge is 2.35. The Kier molecular flexibility index (Phi) is 6.71. The summed E-state index contributed by atoms with van der Waals surface area (Å²) < 4.78 is 8.03. The Labute approximate surface area is 231 Å². The number of fused-ring (bicyclic) bond motifs is 2. The fraction of sp³-hybridized carbons (Fsp3) is 0.188. The van der Waals surface area contributed by atoms with Gasteiger partial charge >= 0.3 is 0 Å². The zero-order valence-electron chi connectivity index (χ0n) is 22.3. The molecule has 2 aromatic heterocycles. The lowest BCUT2D eigenvalue weighted by atomic mass is 9.95. The molecule has 1 aliphatic heterocycles. The molecule has 0 fully saturated rings. The van der Waals surface area contributed by atoms with E-state index in [1.165, 1.54) is 0 Å². The standard InChI is InChI=1S/C32H30N4O4/c1-35(2)16-21(37)17-36-18-26(24-13-12-22(14-28(24)36)40-19-20-8-4-3-5-9-20)30-29(31(38)34-32(30)39)25-15-33-27-11-7-6-10-23(25)27/h3-15,18,21,33,37H,16-17,19H2,1-2H3,(H,34,38,39). The lowest BCUT2D eigenvalue weighted by molar-refractivity contribution is -0.122. The number of aromatic amines is 1. The zero-order valence-corrected chi connectivity index (χ0v) is 22.3. The van der Waals surface area contributed by atoms with Crippen LogP contribution in [0.25, 0.3) is 33.0 Å². The normalized spacial score (nSPS) is 14.5. The van der Waals surface area contributed by atoms with Crippen molar-refractivity contribution >= 4 is 44.8 Å². The van der Waals surface area contributed by atoms with Gasteiger partial charge in [-0.1, -0.05) is 48.5 Å². The minimum absolute atomic E-state index is 0.308. The van der Waals surface area contributed by atoms with Gasteiger partial charge in [0.2, 0.25) is 0 Å². The molecule has 1 unspecified atom stereocenters. The lowest BCUT2D eigenvalue weighted by Gasteiger charge is -2.17. The average Bonchev–Trinajstić information content (AvgIpc) is 3.60. The number of amides is 2. The molecule has 8 nitrogen and oxygen atoms in total. The number of carbonyl (C=O) groups is 2. The summed E-state index contributed by atoms with van der Waals surface area (Å²) >= 11 is 0. The molecular formula is C32H30N4O4. The number of rotatable bonds is 9. The summed E-state index contributed by atoms with van der Waals surface area (Å²) in [6, 6.07) is 23.3. The van der Waals surface area contributed by atoms with Gasteiger partial charge in [0.15, 0.2) is 0 Å². The summed E-state index contributed by atoms with van der Waals surface area (Å²) in [6.45, 7) is 1.19. The quantitative estimate of drug-likeness (QED) is 0.246. The van der Waals surface area contributed by atoms with Gasteiger partial charge in [0.1, 0.15) is 12.4 Å². The Hall–Kier alpha value is -4.66. The summed E-state index contributed by atoms with van der Waals surface area (Å²) in [5.41, 5.74) is 4.69. The highest BCUT2D eigenvalue weighted by Crippen LogP contribution is 2.39. The predicted octanol–water partition coefficient (Wildman–Crippen LogP) is 4.19. The second kappa shape index (κ2) is 10.5. The Bertz CT molecular complexity index is 1760. The van der Waals surface area contributed by atoms with Crippen LogP contribution in [0, 0.1) is 0 Å². The number of aliphatic hydroxyl groups excluding tert-OH is 1. The third-order valence-corrected chi connectivity index (χ3v) is 7.14. The van der Waals surface area contributed by atoms with Crippen LogP contribution in [-0.4, -0.2) is 58.1 Å². The van der Waals surface area contributed by atoms with Gasteiger partial charge < -0.3 is 24.3 Å². The molecule has 0 saturated carbocycles. The topological polar surface area (TPSA) is 99.6 Å². The Morgan fingerprint density at radius 3 is 2.40 bits per heavy atom. The van der Waals surface area contributed by atoms with Crippen molar-refractivity contribution in [2.24, 2.45) is 0 Å². The van der Waals surface area contributed by atoms with Gasteiger partial charge in [-0.15, -0.1) is 0 Å². The van der Waals surface area contributed by atoms with Crippen LogP contribution in [0.2, 0.25) is 0 Å². The molecule has 3 N–H and O–H groups in total. The summed E-state index contributed by atoms with van der Waals surface area (Å²) in [5, 5.41) is 15.0. The number of ether oxygens (including phenoxy) is 1. The van der Waals surface area contributed by atoms with Crippen molar-refractivity contribution < 1.29 is 19.4 Å². The molecule has 0 radical (unpaired) electrons. The van der Waals surface area contributed by atoms with E-state index in [1.807, 2.05) is 103 Å². The number of imide groups is 1. The maximum absolute atomic E-state index is 13.3. The third-order valence-electron chi connectivity index (χ3n) is 7.14. The number of nitrogens with zero attached hydrogens (tertiary/aromatic N) is 2. The summed E-state index contributed by atoms with van der Waals surface area (Å²) in [5.74, 6) is -0.203. The number of likely N-dealkylation sites (N-methyl/N-ethyl adjacent to an activating group) is 1. The number of hydrogen-bond acceptors (Lipinski definition) is 5. The van der Waals surface area contributed by atoms with Crippen LogP contribution in [0.15, 0.2) is 85.2 Å². The predicted molar refractivity (Wildman–Crippen MR) is 156 cm³/mol. The van der Waals surface area contributed by atoms with Crippen LogP contribution in [0.1, 0.15) is 16.7 Å². The molecule has 6 rings (SSSR count). The van der Waals surface area contributed by atoms with Gasteiger partial charge in [0.05, 0.1) is 22.8 Å². The van der Waals surface area contributed by atoms with E-state index in [0.717, 1.165) is 27.4 Å². The van der Waals surface area contributed by atoms with Crippen molar-refractivity contribution in [3.63, 3.8) is 0 Å². The zero-order chi connectivity index (χ0) is 27.8. The second-order valence-electron chi connectivity index (χ2n) is 10.3. The first-order chi connectivity index (χ1) is 19.4. The van der Waals surface area contributed by atoms with E-state index in [1.54, 1.807) is 6.20 Å². The number of hydrogen-bond donors (Lipinski definition) is 3. The van der Waals surface area contributed by atoms with E-state index >= 15 is 0 Å². The maximum atomic E-state index is 13.3. The van der Waals surface area contributed by atoms with Gasteiger partial charge in [-0.3, -0.25) is 14.9 Å². The molecule has 3 heterocycles. The lowest BCUT2D eigenvalue weighted by Crippen LogP contribution is -2.29. The minimum atomic E-state index is -0.645. The Morgan fingerprint density at radius 2 is 1.62 bits per heavy atom. The largest absolute Gasteiger partial charge is 0.489 e. The SMILES string of the molecule is CN(C)CC(O)Cn1cc(C2=C(c3c[nH]c4ccccc34)C(=O)NC2=O)c2ccc(OCc3ccccc3)cc21. The second-order valence-corrected chi connectivity index (χ2v) is 10.3. The maximum Gasteiger partial charge on any atom is 0.259 e.